The van der Waals surface area contributed by atoms with Gasteiger partial charge in [-0.2, -0.15) is 13.2 Å². The third-order valence-electron chi connectivity index (χ3n) is 2.02. The molecule has 1 aromatic carbocycles. The van der Waals surface area contributed by atoms with Crippen LogP contribution in [0.2, 0.25) is 0 Å². The summed E-state index contributed by atoms with van der Waals surface area (Å²) < 4.78 is 36.7. The number of benzene rings is 1. The maximum absolute atomic E-state index is 12.2. The predicted molar refractivity (Wildman–Crippen MR) is 51.6 cm³/mol. The van der Waals surface area contributed by atoms with Crippen molar-refractivity contribution in [1.82, 2.24) is 0 Å². The van der Waals surface area contributed by atoms with E-state index in [1.54, 1.807) is 30.3 Å². The molecule has 84 valence electrons. The van der Waals surface area contributed by atoms with Crippen LogP contribution in [-0.2, 0) is 0 Å². The van der Waals surface area contributed by atoms with Crippen molar-refractivity contribution in [3.05, 3.63) is 30.3 Å². The fourth-order valence-corrected chi connectivity index (χ4v) is 0.930. The number of para-hydroxylation sites is 1. The van der Waals surface area contributed by atoms with Crippen LogP contribution in [0, 0.1) is 0 Å². The van der Waals surface area contributed by atoms with E-state index >= 15 is 0 Å². The molecule has 0 aliphatic heterocycles. The van der Waals surface area contributed by atoms with Crippen LogP contribution in [0.15, 0.2) is 30.3 Å². The van der Waals surface area contributed by atoms with E-state index in [-0.39, 0.29) is 0 Å². The fourth-order valence-electron chi connectivity index (χ4n) is 0.930. The minimum atomic E-state index is -4.63. The summed E-state index contributed by atoms with van der Waals surface area (Å²) in [5.74, 6) is 0. The Morgan fingerprint density at radius 3 is 2.20 bits per heavy atom. The van der Waals surface area contributed by atoms with Crippen molar-refractivity contribution < 1.29 is 18.3 Å². The van der Waals surface area contributed by atoms with Crippen LogP contribution in [0.4, 0.5) is 18.9 Å². The van der Waals surface area contributed by atoms with E-state index in [1.165, 1.54) is 0 Å². The summed E-state index contributed by atoms with van der Waals surface area (Å²) in [4.78, 5) is 0. The smallest absolute Gasteiger partial charge is 0.382 e. The SMILES string of the molecule is CC(O)(CNc1ccccc1)C(F)(F)F. The number of alkyl halides is 3. The summed E-state index contributed by atoms with van der Waals surface area (Å²) in [7, 11) is 0. The van der Waals surface area contributed by atoms with Crippen LogP contribution < -0.4 is 5.32 Å². The molecule has 0 aromatic heterocycles. The van der Waals surface area contributed by atoms with Crippen molar-refractivity contribution in [2.75, 3.05) is 11.9 Å². The zero-order valence-corrected chi connectivity index (χ0v) is 8.17. The van der Waals surface area contributed by atoms with Gasteiger partial charge in [-0.05, 0) is 19.1 Å². The van der Waals surface area contributed by atoms with Gasteiger partial charge in [-0.15, -0.1) is 0 Å². The molecular formula is C10H12F3NO. The van der Waals surface area contributed by atoms with Crippen LogP contribution in [-0.4, -0.2) is 23.4 Å². The Morgan fingerprint density at radius 1 is 1.20 bits per heavy atom. The van der Waals surface area contributed by atoms with Crippen LogP contribution in [0.25, 0.3) is 0 Å². The maximum atomic E-state index is 12.2. The second kappa shape index (κ2) is 4.10. The Labute approximate surface area is 85.7 Å². The Balaban J connectivity index is 2.58. The van der Waals surface area contributed by atoms with Crippen molar-refractivity contribution in [2.45, 2.75) is 18.7 Å². The summed E-state index contributed by atoms with van der Waals surface area (Å²) in [6, 6.07) is 8.42. The van der Waals surface area contributed by atoms with Gasteiger partial charge in [0.05, 0.1) is 6.54 Å². The minimum absolute atomic E-state index is 0.544. The summed E-state index contributed by atoms with van der Waals surface area (Å²) in [5.41, 5.74) is -2.18. The zero-order chi connectivity index (χ0) is 11.5. The van der Waals surface area contributed by atoms with Gasteiger partial charge in [0.15, 0.2) is 5.60 Å². The molecule has 0 bridgehead atoms. The average molecular weight is 219 g/mol. The molecule has 0 aliphatic carbocycles. The molecule has 0 fully saturated rings. The first kappa shape index (κ1) is 11.8. The van der Waals surface area contributed by atoms with E-state index in [1.807, 2.05) is 0 Å². The van der Waals surface area contributed by atoms with Gasteiger partial charge in [0.2, 0.25) is 0 Å². The van der Waals surface area contributed by atoms with E-state index < -0.39 is 18.3 Å². The average Bonchev–Trinajstić information content (AvgIpc) is 2.15. The number of rotatable bonds is 3. The molecule has 5 heteroatoms. The lowest BCUT2D eigenvalue weighted by atomic mass is 10.1. The molecule has 0 saturated heterocycles. The molecule has 2 N–H and O–H groups in total. The second-order valence-corrected chi connectivity index (χ2v) is 3.49. The number of halogens is 3. The lowest BCUT2D eigenvalue weighted by Gasteiger charge is -2.26. The quantitative estimate of drug-likeness (QED) is 0.818. The molecule has 0 spiro atoms. The number of hydrogen-bond acceptors (Lipinski definition) is 2. The highest BCUT2D eigenvalue weighted by atomic mass is 19.4. The van der Waals surface area contributed by atoms with Crippen LogP contribution in [0.3, 0.4) is 0 Å². The number of aliphatic hydroxyl groups is 1. The van der Waals surface area contributed by atoms with Gasteiger partial charge in [-0.25, -0.2) is 0 Å². The first-order chi connectivity index (χ1) is 6.83. The third kappa shape index (κ3) is 3.13. The largest absolute Gasteiger partial charge is 0.418 e. The number of anilines is 1. The molecule has 15 heavy (non-hydrogen) atoms. The first-order valence-corrected chi connectivity index (χ1v) is 4.41. The van der Waals surface area contributed by atoms with Gasteiger partial charge in [0.25, 0.3) is 0 Å². The Bertz CT molecular complexity index is 308. The highest BCUT2D eigenvalue weighted by Crippen LogP contribution is 2.29. The summed E-state index contributed by atoms with van der Waals surface area (Å²) >= 11 is 0. The standard InChI is InChI=1S/C10H12F3NO/c1-9(15,10(11,12)13)7-14-8-5-3-2-4-6-8/h2-6,14-15H,7H2,1H3. The van der Waals surface area contributed by atoms with Gasteiger partial charge in [-0.3, -0.25) is 0 Å². The van der Waals surface area contributed by atoms with Crippen molar-refractivity contribution in [3.63, 3.8) is 0 Å². The van der Waals surface area contributed by atoms with Crippen LogP contribution in [0.5, 0.6) is 0 Å². The number of hydrogen-bond donors (Lipinski definition) is 2. The molecule has 2 nitrogen and oxygen atoms in total. The molecular weight excluding hydrogens is 207 g/mol. The Kier molecular flexibility index (Phi) is 3.24. The van der Waals surface area contributed by atoms with Crippen LogP contribution >= 0.6 is 0 Å². The molecule has 0 heterocycles. The first-order valence-electron chi connectivity index (χ1n) is 4.41. The lowest BCUT2D eigenvalue weighted by molar-refractivity contribution is -0.246. The van der Waals surface area contributed by atoms with Crippen molar-refractivity contribution in [3.8, 4) is 0 Å². The van der Waals surface area contributed by atoms with Gasteiger partial charge in [0.1, 0.15) is 0 Å². The summed E-state index contributed by atoms with van der Waals surface area (Å²) in [6.07, 6.45) is -4.63. The molecule has 1 rings (SSSR count). The number of nitrogens with one attached hydrogen (secondary N) is 1. The van der Waals surface area contributed by atoms with Gasteiger partial charge in [-0.1, -0.05) is 18.2 Å². The van der Waals surface area contributed by atoms with E-state index in [0.717, 1.165) is 6.92 Å². The Hall–Kier alpha value is -1.23. The van der Waals surface area contributed by atoms with E-state index in [2.05, 4.69) is 5.32 Å². The maximum Gasteiger partial charge on any atom is 0.418 e. The highest BCUT2D eigenvalue weighted by Gasteiger charge is 2.49. The van der Waals surface area contributed by atoms with E-state index in [0.29, 0.717) is 5.69 Å². The molecule has 1 aromatic rings. The molecule has 0 aliphatic rings. The fraction of sp³-hybridized carbons (Fsp3) is 0.400. The second-order valence-electron chi connectivity index (χ2n) is 3.49. The lowest BCUT2D eigenvalue weighted by Crippen LogP contribution is -2.47. The minimum Gasteiger partial charge on any atom is -0.382 e. The van der Waals surface area contributed by atoms with E-state index in [9.17, 15) is 13.2 Å². The van der Waals surface area contributed by atoms with Crippen molar-refractivity contribution in [2.24, 2.45) is 0 Å². The zero-order valence-electron chi connectivity index (χ0n) is 8.17. The molecule has 1 unspecified atom stereocenters. The summed E-state index contributed by atoms with van der Waals surface area (Å²) in [6.45, 7) is 0.170. The topological polar surface area (TPSA) is 32.3 Å². The predicted octanol–water partition coefficient (Wildman–Crippen LogP) is 2.41. The van der Waals surface area contributed by atoms with E-state index in [4.69, 9.17) is 5.11 Å². The molecule has 0 radical (unpaired) electrons. The molecule has 0 amide bonds. The highest BCUT2D eigenvalue weighted by molar-refractivity contribution is 5.42. The van der Waals surface area contributed by atoms with Crippen LogP contribution in [0.1, 0.15) is 6.92 Å². The van der Waals surface area contributed by atoms with Crippen molar-refractivity contribution in [1.29, 1.82) is 0 Å². The van der Waals surface area contributed by atoms with Gasteiger partial charge >= 0.3 is 6.18 Å². The monoisotopic (exact) mass is 219 g/mol. The third-order valence-corrected chi connectivity index (χ3v) is 2.02. The van der Waals surface area contributed by atoms with Gasteiger partial charge in [0, 0.05) is 5.69 Å². The molecule has 0 saturated carbocycles. The normalized spacial score (nSPS) is 15.8. The summed E-state index contributed by atoms with van der Waals surface area (Å²) in [5, 5.41) is 11.6. The van der Waals surface area contributed by atoms with Crippen molar-refractivity contribution >= 4 is 5.69 Å². The Morgan fingerprint density at radius 2 is 1.73 bits per heavy atom. The molecule has 1 atom stereocenters. The van der Waals surface area contributed by atoms with Gasteiger partial charge < -0.3 is 10.4 Å².